The lowest BCUT2D eigenvalue weighted by atomic mass is 10.2. The fraction of sp³-hybridized carbons (Fsp3) is 0.500. The maximum atomic E-state index is 11.6. The third-order valence-corrected chi connectivity index (χ3v) is 2.82. The minimum Gasteiger partial charge on any atom is -0.476 e. The average Bonchev–Trinajstić information content (AvgIpc) is 2.75. The molecule has 1 atom stereocenters. The van der Waals surface area contributed by atoms with E-state index < -0.39 is 5.97 Å². The number of carboxylic acids is 1. The Morgan fingerprint density at radius 1 is 1.65 bits per heavy atom. The first kappa shape index (κ1) is 13.6. The highest BCUT2D eigenvalue weighted by Gasteiger charge is 2.15. The second-order valence-corrected chi connectivity index (χ2v) is 4.47. The van der Waals surface area contributed by atoms with Gasteiger partial charge in [-0.15, -0.1) is 11.3 Å². The molecule has 1 heterocycles. The fourth-order valence-corrected chi connectivity index (χ4v) is 1.87. The molecule has 0 saturated carbocycles. The summed E-state index contributed by atoms with van der Waals surface area (Å²) in [7, 11) is 1.60. The summed E-state index contributed by atoms with van der Waals surface area (Å²) < 4.78 is 4.94. The predicted octanol–water partition coefficient (Wildman–Crippen LogP) is 0.854. The van der Waals surface area contributed by atoms with Crippen molar-refractivity contribution < 1.29 is 19.4 Å². The molecule has 0 radical (unpaired) electrons. The Bertz CT molecular complexity index is 405. The Labute approximate surface area is 103 Å². The van der Waals surface area contributed by atoms with Gasteiger partial charge in [0.05, 0.1) is 6.61 Å². The first-order valence-corrected chi connectivity index (χ1v) is 5.88. The molecule has 0 fully saturated rings. The zero-order chi connectivity index (χ0) is 12.8. The van der Waals surface area contributed by atoms with Crippen LogP contribution in [0.5, 0.6) is 0 Å². The van der Waals surface area contributed by atoms with Crippen LogP contribution in [-0.4, -0.2) is 42.2 Å². The second kappa shape index (κ2) is 6.31. The van der Waals surface area contributed by atoms with E-state index in [0.29, 0.717) is 13.2 Å². The number of hydrogen-bond acceptors (Lipinski definition) is 5. The van der Waals surface area contributed by atoms with Crippen molar-refractivity contribution in [1.29, 1.82) is 0 Å². The van der Waals surface area contributed by atoms with Crippen LogP contribution in [0.4, 0.5) is 0 Å². The number of carbonyl (C=O) groups is 2. The van der Waals surface area contributed by atoms with Crippen molar-refractivity contribution in [2.24, 2.45) is 5.92 Å². The molecule has 1 aromatic heterocycles. The SMILES string of the molecule is COCC(C)CNC(=O)c1nc(C(=O)O)cs1. The Morgan fingerprint density at radius 2 is 2.35 bits per heavy atom. The molecule has 0 aliphatic carbocycles. The van der Waals surface area contributed by atoms with E-state index >= 15 is 0 Å². The van der Waals surface area contributed by atoms with Gasteiger partial charge in [0, 0.05) is 19.0 Å². The number of aromatic carboxylic acids is 1. The van der Waals surface area contributed by atoms with Gasteiger partial charge in [0.15, 0.2) is 10.7 Å². The molecule has 1 aromatic rings. The molecule has 6 nitrogen and oxygen atoms in total. The van der Waals surface area contributed by atoms with Gasteiger partial charge in [0.1, 0.15) is 0 Å². The standard InChI is InChI=1S/C10H14N2O4S/c1-6(4-16-2)3-11-8(13)9-12-7(5-17-9)10(14)15/h5-6H,3-4H2,1-2H3,(H,11,13)(H,14,15). The van der Waals surface area contributed by atoms with Crippen LogP contribution >= 0.6 is 11.3 Å². The van der Waals surface area contributed by atoms with E-state index in [4.69, 9.17) is 9.84 Å². The van der Waals surface area contributed by atoms with Gasteiger partial charge in [0.2, 0.25) is 0 Å². The topological polar surface area (TPSA) is 88.5 Å². The number of carbonyl (C=O) groups excluding carboxylic acids is 1. The zero-order valence-corrected chi connectivity index (χ0v) is 10.4. The molecule has 0 saturated heterocycles. The smallest absolute Gasteiger partial charge is 0.355 e. The molecule has 1 amide bonds. The number of methoxy groups -OCH3 is 1. The molecule has 2 N–H and O–H groups in total. The average molecular weight is 258 g/mol. The van der Waals surface area contributed by atoms with Gasteiger partial charge in [-0.2, -0.15) is 0 Å². The number of hydrogen-bond donors (Lipinski definition) is 2. The summed E-state index contributed by atoms with van der Waals surface area (Å²) in [5.74, 6) is -1.29. The number of rotatable bonds is 6. The summed E-state index contributed by atoms with van der Waals surface area (Å²) in [4.78, 5) is 25.9. The van der Waals surface area contributed by atoms with Crippen LogP contribution in [0.3, 0.4) is 0 Å². The van der Waals surface area contributed by atoms with Crippen molar-refractivity contribution in [2.45, 2.75) is 6.92 Å². The van der Waals surface area contributed by atoms with Crippen LogP contribution in [0.1, 0.15) is 27.2 Å². The van der Waals surface area contributed by atoms with Crippen molar-refractivity contribution in [3.8, 4) is 0 Å². The molecule has 7 heteroatoms. The first-order valence-electron chi connectivity index (χ1n) is 5.00. The number of carboxylic acid groups (broad SMARTS) is 1. The zero-order valence-electron chi connectivity index (χ0n) is 9.60. The Kier molecular flexibility index (Phi) is 5.05. The van der Waals surface area contributed by atoms with E-state index in [0.717, 1.165) is 11.3 Å². The molecule has 17 heavy (non-hydrogen) atoms. The van der Waals surface area contributed by atoms with Gasteiger partial charge in [0.25, 0.3) is 5.91 Å². The largest absolute Gasteiger partial charge is 0.476 e. The van der Waals surface area contributed by atoms with E-state index in [1.165, 1.54) is 5.38 Å². The molecule has 0 aromatic carbocycles. The summed E-state index contributed by atoms with van der Waals surface area (Å²) in [6.07, 6.45) is 0. The van der Waals surface area contributed by atoms with Crippen LogP contribution in [0.25, 0.3) is 0 Å². The van der Waals surface area contributed by atoms with E-state index in [1.807, 2.05) is 6.92 Å². The maximum absolute atomic E-state index is 11.6. The monoisotopic (exact) mass is 258 g/mol. The minimum absolute atomic E-state index is 0.106. The number of amides is 1. The van der Waals surface area contributed by atoms with Crippen molar-refractivity contribution >= 4 is 23.2 Å². The van der Waals surface area contributed by atoms with Crippen molar-refractivity contribution in [2.75, 3.05) is 20.3 Å². The van der Waals surface area contributed by atoms with Crippen LogP contribution in [0, 0.1) is 5.92 Å². The molecule has 0 aliphatic heterocycles. The molecule has 0 bridgehead atoms. The van der Waals surface area contributed by atoms with Crippen molar-refractivity contribution in [1.82, 2.24) is 10.3 Å². The van der Waals surface area contributed by atoms with E-state index in [-0.39, 0.29) is 22.5 Å². The molecule has 0 aliphatic rings. The first-order chi connectivity index (χ1) is 8.04. The predicted molar refractivity (Wildman–Crippen MR) is 62.4 cm³/mol. The summed E-state index contributed by atoms with van der Waals surface area (Å²) in [5.41, 5.74) is -0.106. The maximum Gasteiger partial charge on any atom is 0.355 e. The quantitative estimate of drug-likeness (QED) is 0.789. The molecule has 1 rings (SSSR count). The van der Waals surface area contributed by atoms with Gasteiger partial charge in [-0.3, -0.25) is 4.79 Å². The van der Waals surface area contributed by atoms with E-state index in [1.54, 1.807) is 7.11 Å². The summed E-state index contributed by atoms with van der Waals surface area (Å²) in [6, 6.07) is 0. The van der Waals surface area contributed by atoms with Crippen molar-refractivity contribution in [3.05, 3.63) is 16.1 Å². The molecule has 1 unspecified atom stereocenters. The Morgan fingerprint density at radius 3 is 2.88 bits per heavy atom. The summed E-state index contributed by atoms with van der Waals surface area (Å²) in [6.45, 7) is 2.96. The lowest BCUT2D eigenvalue weighted by molar-refractivity contribution is 0.0691. The van der Waals surface area contributed by atoms with Gasteiger partial charge < -0.3 is 15.2 Å². The second-order valence-electron chi connectivity index (χ2n) is 3.61. The molecule has 0 spiro atoms. The third-order valence-electron chi connectivity index (χ3n) is 1.98. The van der Waals surface area contributed by atoms with Crippen LogP contribution in [-0.2, 0) is 4.74 Å². The summed E-state index contributed by atoms with van der Waals surface area (Å²) >= 11 is 1.02. The van der Waals surface area contributed by atoms with Crippen LogP contribution in [0.2, 0.25) is 0 Å². The minimum atomic E-state index is -1.13. The van der Waals surface area contributed by atoms with Crippen LogP contribution < -0.4 is 5.32 Å². The highest BCUT2D eigenvalue weighted by molar-refractivity contribution is 7.11. The van der Waals surface area contributed by atoms with E-state index in [9.17, 15) is 9.59 Å². The highest BCUT2D eigenvalue weighted by atomic mass is 32.1. The van der Waals surface area contributed by atoms with E-state index in [2.05, 4.69) is 10.3 Å². The number of thiazole rings is 1. The summed E-state index contributed by atoms with van der Waals surface area (Å²) in [5, 5.41) is 12.8. The highest BCUT2D eigenvalue weighted by Crippen LogP contribution is 2.09. The van der Waals surface area contributed by atoms with Gasteiger partial charge >= 0.3 is 5.97 Å². The third kappa shape index (κ3) is 4.12. The normalized spacial score (nSPS) is 12.1. The Balaban J connectivity index is 2.49. The van der Waals surface area contributed by atoms with Gasteiger partial charge in [-0.05, 0) is 5.92 Å². The van der Waals surface area contributed by atoms with Gasteiger partial charge in [-0.25, -0.2) is 9.78 Å². The van der Waals surface area contributed by atoms with Gasteiger partial charge in [-0.1, -0.05) is 6.92 Å². The number of ether oxygens (including phenoxy) is 1. The number of nitrogens with zero attached hydrogens (tertiary/aromatic N) is 1. The van der Waals surface area contributed by atoms with Crippen molar-refractivity contribution in [3.63, 3.8) is 0 Å². The Hall–Kier alpha value is -1.47. The molecular weight excluding hydrogens is 244 g/mol. The lowest BCUT2D eigenvalue weighted by Gasteiger charge is -2.10. The van der Waals surface area contributed by atoms with Crippen LogP contribution in [0.15, 0.2) is 5.38 Å². The molecule has 94 valence electrons. The fourth-order valence-electron chi connectivity index (χ4n) is 1.16. The number of aromatic nitrogens is 1. The lowest BCUT2D eigenvalue weighted by Crippen LogP contribution is -2.29. The number of nitrogens with one attached hydrogen (secondary N) is 1. The molecular formula is C10H14N2O4S.